The fraction of sp³-hybridized carbons (Fsp3) is 0.316. The second-order valence-corrected chi connectivity index (χ2v) is 8.57. The van der Waals surface area contributed by atoms with Gasteiger partial charge in [0.05, 0.1) is 23.9 Å². The zero-order valence-electron chi connectivity index (χ0n) is 14.2. The maximum absolute atomic E-state index is 12.3. The summed E-state index contributed by atoms with van der Waals surface area (Å²) >= 11 is 0. The SMILES string of the molecule is CC(NC[C@H](O)CP(=O)(O)Cc1ccccc1)c1cccc(C#N)c1. The molecule has 0 saturated heterocycles. The minimum Gasteiger partial charge on any atom is -0.391 e. The van der Waals surface area contributed by atoms with Gasteiger partial charge < -0.3 is 15.3 Å². The van der Waals surface area contributed by atoms with E-state index in [1.165, 1.54) is 0 Å². The molecule has 3 atom stereocenters. The summed E-state index contributed by atoms with van der Waals surface area (Å²) in [5.41, 5.74) is 2.30. The highest BCUT2D eigenvalue weighted by Gasteiger charge is 2.23. The van der Waals surface area contributed by atoms with Gasteiger partial charge in [-0.05, 0) is 30.2 Å². The van der Waals surface area contributed by atoms with Gasteiger partial charge in [-0.15, -0.1) is 0 Å². The van der Waals surface area contributed by atoms with Crippen molar-refractivity contribution in [3.63, 3.8) is 0 Å². The highest BCUT2D eigenvalue weighted by molar-refractivity contribution is 7.57. The molecule has 2 aromatic carbocycles. The van der Waals surface area contributed by atoms with E-state index in [-0.39, 0.29) is 24.9 Å². The van der Waals surface area contributed by atoms with Gasteiger partial charge in [0.2, 0.25) is 7.37 Å². The van der Waals surface area contributed by atoms with Gasteiger partial charge in [-0.25, -0.2) is 0 Å². The van der Waals surface area contributed by atoms with E-state index >= 15 is 0 Å². The first-order valence-corrected chi connectivity index (χ1v) is 10.2. The molecule has 0 aliphatic carbocycles. The average Bonchev–Trinajstić information content (AvgIpc) is 2.59. The second kappa shape index (κ2) is 8.94. The van der Waals surface area contributed by atoms with Gasteiger partial charge in [-0.2, -0.15) is 5.26 Å². The largest absolute Gasteiger partial charge is 0.391 e. The maximum atomic E-state index is 12.3. The molecular weight excluding hydrogens is 335 g/mol. The van der Waals surface area contributed by atoms with Crippen LogP contribution in [0.4, 0.5) is 0 Å². The Morgan fingerprint density at radius 3 is 2.60 bits per heavy atom. The van der Waals surface area contributed by atoms with Crippen LogP contribution in [0.15, 0.2) is 54.6 Å². The third kappa shape index (κ3) is 6.45. The Hall–Kier alpha value is -1.96. The number of nitrogens with one attached hydrogen (secondary N) is 1. The molecule has 0 aliphatic heterocycles. The lowest BCUT2D eigenvalue weighted by molar-refractivity contribution is 0.186. The lowest BCUT2D eigenvalue weighted by Gasteiger charge is -2.20. The normalized spacial score (nSPS) is 15.8. The van der Waals surface area contributed by atoms with Crippen LogP contribution in [0, 0.1) is 11.3 Å². The number of aliphatic hydroxyl groups excluding tert-OH is 1. The molecule has 3 N–H and O–H groups in total. The first-order valence-electron chi connectivity index (χ1n) is 8.16. The van der Waals surface area contributed by atoms with Crippen LogP contribution in [-0.4, -0.2) is 28.8 Å². The molecule has 0 spiro atoms. The van der Waals surface area contributed by atoms with E-state index in [4.69, 9.17) is 5.26 Å². The first kappa shape index (κ1) is 19.4. The molecular formula is C19H23N2O3P. The van der Waals surface area contributed by atoms with Crippen LogP contribution in [0.3, 0.4) is 0 Å². The van der Waals surface area contributed by atoms with Gasteiger partial charge >= 0.3 is 0 Å². The highest BCUT2D eigenvalue weighted by Crippen LogP contribution is 2.44. The third-order valence-electron chi connectivity index (χ3n) is 3.94. The quantitative estimate of drug-likeness (QED) is 0.631. The number of aliphatic hydroxyl groups is 1. The number of nitriles is 1. The van der Waals surface area contributed by atoms with Crippen molar-refractivity contribution in [2.45, 2.75) is 25.2 Å². The Kier molecular flexibility index (Phi) is 6.92. The Morgan fingerprint density at radius 1 is 1.20 bits per heavy atom. The van der Waals surface area contributed by atoms with Crippen molar-refractivity contribution < 1.29 is 14.6 Å². The van der Waals surface area contributed by atoms with Crippen LogP contribution in [0.25, 0.3) is 0 Å². The summed E-state index contributed by atoms with van der Waals surface area (Å²) in [6, 6.07) is 18.4. The van der Waals surface area contributed by atoms with E-state index in [0.717, 1.165) is 11.1 Å². The van der Waals surface area contributed by atoms with Crippen LogP contribution < -0.4 is 5.32 Å². The standard InChI is InChI=1S/C19H23N2O3P/c1-15(18-9-5-8-17(10-18)11-20)21-12-19(22)14-25(23,24)13-16-6-3-2-4-7-16/h2-10,15,19,21-22H,12-14H2,1H3,(H,23,24)/t15?,19-/m0/s1. The molecule has 132 valence electrons. The van der Waals surface area contributed by atoms with Crippen molar-refractivity contribution in [3.8, 4) is 6.07 Å². The smallest absolute Gasteiger partial charge is 0.207 e. The van der Waals surface area contributed by atoms with Crippen molar-refractivity contribution in [2.75, 3.05) is 12.7 Å². The van der Waals surface area contributed by atoms with Crippen molar-refractivity contribution in [1.82, 2.24) is 5.32 Å². The first-order chi connectivity index (χ1) is 11.9. The van der Waals surface area contributed by atoms with Crippen LogP contribution in [0.1, 0.15) is 29.7 Å². The van der Waals surface area contributed by atoms with E-state index in [1.807, 2.05) is 37.3 Å². The van der Waals surface area contributed by atoms with E-state index in [1.54, 1.807) is 24.3 Å². The topological polar surface area (TPSA) is 93.3 Å². The van der Waals surface area contributed by atoms with E-state index in [2.05, 4.69) is 11.4 Å². The maximum Gasteiger partial charge on any atom is 0.207 e. The zero-order valence-corrected chi connectivity index (χ0v) is 15.1. The van der Waals surface area contributed by atoms with Gasteiger partial charge in [-0.3, -0.25) is 4.57 Å². The molecule has 0 saturated carbocycles. The second-order valence-electron chi connectivity index (χ2n) is 6.19. The van der Waals surface area contributed by atoms with Crippen molar-refractivity contribution >= 4 is 7.37 Å². The average molecular weight is 358 g/mol. The molecule has 5 nitrogen and oxygen atoms in total. The molecule has 2 unspecified atom stereocenters. The summed E-state index contributed by atoms with van der Waals surface area (Å²) in [5, 5.41) is 22.2. The van der Waals surface area contributed by atoms with E-state index in [9.17, 15) is 14.6 Å². The lowest BCUT2D eigenvalue weighted by atomic mass is 10.1. The summed E-state index contributed by atoms with van der Waals surface area (Å²) in [6.45, 7) is 2.13. The predicted molar refractivity (Wildman–Crippen MR) is 98.4 cm³/mol. The van der Waals surface area contributed by atoms with Crippen LogP contribution in [-0.2, 0) is 10.7 Å². The number of benzene rings is 2. The minimum atomic E-state index is -3.45. The summed E-state index contributed by atoms with van der Waals surface area (Å²) in [5.74, 6) is 0. The molecule has 2 aromatic rings. The van der Waals surface area contributed by atoms with Crippen LogP contribution >= 0.6 is 7.37 Å². The number of hydrogen-bond donors (Lipinski definition) is 3. The van der Waals surface area contributed by atoms with Crippen molar-refractivity contribution in [2.24, 2.45) is 0 Å². The summed E-state index contributed by atoms with van der Waals surface area (Å²) in [4.78, 5) is 10.1. The molecule has 0 heterocycles. The molecule has 0 radical (unpaired) electrons. The van der Waals surface area contributed by atoms with Crippen LogP contribution in [0.5, 0.6) is 0 Å². The monoisotopic (exact) mass is 358 g/mol. The lowest BCUT2D eigenvalue weighted by Crippen LogP contribution is -2.31. The molecule has 6 heteroatoms. The van der Waals surface area contributed by atoms with Gasteiger partial charge in [-0.1, -0.05) is 42.5 Å². The van der Waals surface area contributed by atoms with E-state index < -0.39 is 13.5 Å². The molecule has 25 heavy (non-hydrogen) atoms. The number of rotatable bonds is 8. The van der Waals surface area contributed by atoms with Crippen molar-refractivity contribution in [3.05, 3.63) is 71.3 Å². The minimum absolute atomic E-state index is 0.0602. The molecule has 0 bridgehead atoms. The molecule has 0 amide bonds. The Labute approximate surface area is 148 Å². The fourth-order valence-corrected chi connectivity index (χ4v) is 4.33. The summed E-state index contributed by atoms with van der Waals surface area (Å²) in [6.07, 6.45) is -1.01. The van der Waals surface area contributed by atoms with Gasteiger partial charge in [0.25, 0.3) is 0 Å². The summed E-state index contributed by atoms with van der Waals surface area (Å²) < 4.78 is 12.3. The zero-order chi connectivity index (χ0) is 18.3. The van der Waals surface area contributed by atoms with Crippen LogP contribution in [0.2, 0.25) is 0 Å². The van der Waals surface area contributed by atoms with E-state index in [0.29, 0.717) is 5.56 Å². The third-order valence-corrected chi connectivity index (χ3v) is 5.80. The Balaban J connectivity index is 1.86. The fourth-order valence-electron chi connectivity index (χ4n) is 2.64. The highest BCUT2D eigenvalue weighted by atomic mass is 31.2. The molecule has 2 rings (SSSR count). The Bertz CT molecular complexity index is 774. The Morgan fingerprint density at radius 2 is 1.92 bits per heavy atom. The predicted octanol–water partition coefficient (Wildman–Crippen LogP) is 3.04. The molecule has 0 fully saturated rings. The van der Waals surface area contributed by atoms with Gasteiger partial charge in [0.15, 0.2) is 0 Å². The number of hydrogen-bond acceptors (Lipinski definition) is 4. The molecule has 0 aliphatic rings. The van der Waals surface area contributed by atoms with Gasteiger partial charge in [0, 0.05) is 18.7 Å². The summed E-state index contributed by atoms with van der Waals surface area (Å²) in [7, 11) is -3.45. The van der Waals surface area contributed by atoms with Gasteiger partial charge in [0.1, 0.15) is 0 Å². The number of nitrogens with zero attached hydrogens (tertiary/aromatic N) is 1. The van der Waals surface area contributed by atoms with Crippen molar-refractivity contribution in [1.29, 1.82) is 5.26 Å². The molecule has 0 aromatic heterocycles.